The third-order valence-corrected chi connectivity index (χ3v) is 5.32. The van der Waals surface area contributed by atoms with Gasteiger partial charge in [0.15, 0.2) is 0 Å². The first-order chi connectivity index (χ1) is 12.9. The van der Waals surface area contributed by atoms with E-state index in [2.05, 4.69) is 31.6 Å². The van der Waals surface area contributed by atoms with Crippen molar-refractivity contribution in [2.24, 2.45) is 11.8 Å². The molecule has 1 saturated heterocycles. The molecule has 4 heterocycles. The van der Waals surface area contributed by atoms with Crippen molar-refractivity contribution < 1.29 is 9.47 Å². The highest BCUT2D eigenvalue weighted by Crippen LogP contribution is 2.20. The summed E-state index contributed by atoms with van der Waals surface area (Å²) in [5.74, 6) is 1.12. The summed E-state index contributed by atoms with van der Waals surface area (Å²) in [6.45, 7) is 7.19. The van der Waals surface area contributed by atoms with Crippen LogP contribution in [0.1, 0.15) is 24.2 Å². The van der Waals surface area contributed by atoms with Gasteiger partial charge < -0.3 is 14.0 Å². The van der Waals surface area contributed by atoms with Crippen LogP contribution in [0, 0.1) is 11.8 Å². The lowest BCUT2D eigenvalue weighted by Gasteiger charge is -2.25. The Labute approximate surface area is 155 Å². The van der Waals surface area contributed by atoms with Crippen molar-refractivity contribution in [3.8, 4) is 0 Å². The molecule has 2 aromatic heterocycles. The number of aromatic nitrogens is 3. The third-order valence-electron chi connectivity index (χ3n) is 5.32. The van der Waals surface area contributed by atoms with Gasteiger partial charge in [0.25, 0.3) is 0 Å². The van der Waals surface area contributed by atoms with E-state index >= 15 is 0 Å². The van der Waals surface area contributed by atoms with Crippen LogP contribution in [0.5, 0.6) is 0 Å². The van der Waals surface area contributed by atoms with Crippen LogP contribution in [0.4, 0.5) is 0 Å². The quantitative estimate of drug-likeness (QED) is 0.795. The van der Waals surface area contributed by atoms with E-state index in [0.717, 1.165) is 71.1 Å². The highest BCUT2D eigenvalue weighted by molar-refractivity contribution is 5.05. The van der Waals surface area contributed by atoms with E-state index in [4.69, 9.17) is 9.47 Å². The highest BCUT2D eigenvalue weighted by Gasteiger charge is 2.23. The molecule has 0 radical (unpaired) electrons. The molecule has 0 saturated carbocycles. The van der Waals surface area contributed by atoms with Crippen LogP contribution in [0.25, 0.3) is 0 Å². The van der Waals surface area contributed by atoms with Gasteiger partial charge in [0.05, 0.1) is 24.3 Å². The first-order valence-electron chi connectivity index (χ1n) is 9.63. The van der Waals surface area contributed by atoms with Gasteiger partial charge in [-0.3, -0.25) is 9.88 Å². The fourth-order valence-corrected chi connectivity index (χ4v) is 3.90. The minimum atomic E-state index is 0.467. The molecule has 0 N–H and O–H groups in total. The van der Waals surface area contributed by atoms with E-state index in [-0.39, 0.29) is 0 Å². The summed E-state index contributed by atoms with van der Waals surface area (Å²) < 4.78 is 13.8. The Bertz CT molecular complexity index is 669. The number of rotatable bonds is 6. The van der Waals surface area contributed by atoms with Gasteiger partial charge >= 0.3 is 0 Å². The second kappa shape index (κ2) is 8.75. The summed E-state index contributed by atoms with van der Waals surface area (Å²) in [6.07, 6.45) is 8.05. The average Bonchev–Trinajstić information content (AvgIpc) is 3.03. The van der Waals surface area contributed by atoms with Crippen molar-refractivity contribution in [2.45, 2.75) is 32.5 Å². The maximum Gasteiger partial charge on any atom is 0.0948 e. The van der Waals surface area contributed by atoms with Crippen molar-refractivity contribution in [1.82, 2.24) is 19.4 Å². The number of imidazole rings is 1. The molecule has 0 spiro atoms. The number of pyridine rings is 1. The van der Waals surface area contributed by atoms with E-state index in [0.29, 0.717) is 11.8 Å². The van der Waals surface area contributed by atoms with Gasteiger partial charge in [0, 0.05) is 64.3 Å². The first-order valence-corrected chi connectivity index (χ1v) is 9.63. The molecule has 1 atom stereocenters. The Morgan fingerprint density at radius 2 is 2.00 bits per heavy atom. The number of hydrogen-bond acceptors (Lipinski definition) is 5. The molecule has 2 aliphatic rings. The van der Waals surface area contributed by atoms with Crippen LogP contribution in [-0.2, 0) is 29.1 Å². The fourth-order valence-electron chi connectivity index (χ4n) is 3.90. The second-order valence-corrected chi connectivity index (χ2v) is 7.49. The predicted octanol–water partition coefficient (Wildman–Crippen LogP) is 2.35. The molecular formula is C20H28N4O2. The lowest BCUT2D eigenvalue weighted by atomic mass is 10.0. The molecule has 6 nitrogen and oxygen atoms in total. The smallest absolute Gasteiger partial charge is 0.0948 e. The first kappa shape index (κ1) is 17.6. The third kappa shape index (κ3) is 4.69. The van der Waals surface area contributed by atoms with Gasteiger partial charge in [-0.2, -0.15) is 0 Å². The Kier molecular flexibility index (Phi) is 5.94. The molecule has 26 heavy (non-hydrogen) atoms. The highest BCUT2D eigenvalue weighted by atomic mass is 16.5. The van der Waals surface area contributed by atoms with Gasteiger partial charge in [-0.15, -0.1) is 0 Å². The zero-order valence-electron chi connectivity index (χ0n) is 15.3. The molecular weight excluding hydrogens is 328 g/mol. The van der Waals surface area contributed by atoms with Crippen molar-refractivity contribution in [3.05, 3.63) is 48.3 Å². The second-order valence-electron chi connectivity index (χ2n) is 7.49. The van der Waals surface area contributed by atoms with Crippen molar-refractivity contribution in [3.63, 3.8) is 0 Å². The van der Waals surface area contributed by atoms with Crippen LogP contribution < -0.4 is 0 Å². The molecule has 0 aromatic carbocycles. The summed E-state index contributed by atoms with van der Waals surface area (Å²) >= 11 is 0. The van der Waals surface area contributed by atoms with E-state index < -0.39 is 0 Å². The van der Waals surface area contributed by atoms with E-state index in [1.807, 2.05) is 24.8 Å². The van der Waals surface area contributed by atoms with E-state index in [1.54, 1.807) is 0 Å². The maximum atomic E-state index is 6.13. The fraction of sp³-hybridized carbons (Fsp3) is 0.600. The molecule has 2 aromatic rings. The van der Waals surface area contributed by atoms with Gasteiger partial charge in [0.2, 0.25) is 0 Å². The minimum absolute atomic E-state index is 0.467. The Morgan fingerprint density at radius 3 is 2.85 bits per heavy atom. The van der Waals surface area contributed by atoms with Gasteiger partial charge in [-0.05, 0) is 30.9 Å². The molecule has 6 heteroatoms. The molecule has 4 rings (SSSR count). The summed E-state index contributed by atoms with van der Waals surface area (Å²) in [5, 5.41) is 0. The zero-order chi connectivity index (χ0) is 17.6. The standard InChI is InChI=1S/C20H28N4O2/c1-2-6-22-19(3-1)12-23-10-18(11-24-16-21-9-20(24)13-23)15-26-14-17-4-7-25-8-5-17/h1-3,6,9,16-18H,4-5,7-8,10-15H2/t18-/m1/s1. The molecule has 2 aliphatic heterocycles. The lowest BCUT2D eigenvalue weighted by molar-refractivity contribution is 0.00630. The summed E-state index contributed by atoms with van der Waals surface area (Å²) in [7, 11) is 0. The van der Waals surface area contributed by atoms with Crippen LogP contribution in [0.15, 0.2) is 36.9 Å². The monoisotopic (exact) mass is 356 g/mol. The van der Waals surface area contributed by atoms with E-state index in [1.165, 1.54) is 5.69 Å². The van der Waals surface area contributed by atoms with Gasteiger partial charge in [-0.25, -0.2) is 4.98 Å². The lowest BCUT2D eigenvalue weighted by Crippen LogP contribution is -2.31. The normalized spacial score (nSPS) is 22.1. The van der Waals surface area contributed by atoms with E-state index in [9.17, 15) is 0 Å². The number of hydrogen-bond donors (Lipinski definition) is 0. The summed E-state index contributed by atoms with van der Waals surface area (Å²) in [4.78, 5) is 11.3. The van der Waals surface area contributed by atoms with Gasteiger partial charge in [0.1, 0.15) is 0 Å². The largest absolute Gasteiger partial charge is 0.381 e. The van der Waals surface area contributed by atoms with Crippen LogP contribution in [0.2, 0.25) is 0 Å². The molecule has 0 bridgehead atoms. The molecule has 0 aliphatic carbocycles. The summed E-state index contributed by atoms with van der Waals surface area (Å²) in [5.41, 5.74) is 2.38. The van der Waals surface area contributed by atoms with Crippen molar-refractivity contribution >= 4 is 0 Å². The minimum Gasteiger partial charge on any atom is -0.381 e. The molecule has 0 amide bonds. The Balaban J connectivity index is 1.36. The van der Waals surface area contributed by atoms with Crippen LogP contribution >= 0.6 is 0 Å². The molecule has 0 unspecified atom stereocenters. The van der Waals surface area contributed by atoms with Crippen LogP contribution in [-0.4, -0.2) is 52.4 Å². The number of fused-ring (bicyclic) bond motifs is 1. The van der Waals surface area contributed by atoms with Gasteiger partial charge in [-0.1, -0.05) is 6.07 Å². The molecule has 140 valence electrons. The summed E-state index contributed by atoms with van der Waals surface area (Å²) in [6, 6.07) is 6.12. The Hall–Kier alpha value is -1.76. The molecule has 1 fully saturated rings. The average molecular weight is 356 g/mol. The predicted molar refractivity (Wildman–Crippen MR) is 98.4 cm³/mol. The van der Waals surface area contributed by atoms with Crippen molar-refractivity contribution in [1.29, 1.82) is 0 Å². The number of ether oxygens (including phenoxy) is 2. The SMILES string of the molecule is c1ccc(CN2Cc3cncn3C[C@H](COCC3CCOCC3)C2)nc1. The zero-order valence-corrected chi connectivity index (χ0v) is 15.3. The topological polar surface area (TPSA) is 52.4 Å². The maximum absolute atomic E-state index is 6.13. The Morgan fingerprint density at radius 1 is 1.12 bits per heavy atom. The van der Waals surface area contributed by atoms with Crippen LogP contribution in [0.3, 0.4) is 0 Å². The number of nitrogens with zero attached hydrogens (tertiary/aromatic N) is 4. The van der Waals surface area contributed by atoms with Crippen molar-refractivity contribution in [2.75, 3.05) is 33.0 Å².